The fraction of sp³-hybridized carbons (Fsp3) is 0.143. The van der Waals surface area contributed by atoms with Gasteiger partial charge in [0.15, 0.2) is 11.6 Å². The Hall–Kier alpha value is -1.17. The Bertz CT molecular complexity index is 332. The maximum Gasteiger partial charge on any atom is 0.320 e. The van der Waals surface area contributed by atoms with Crippen molar-refractivity contribution in [3.8, 4) is 0 Å². The Balaban J connectivity index is 2.83. The number of carbonyl (C=O) groups is 1. The lowest BCUT2D eigenvalue weighted by Gasteiger charge is -2.03. The number of pyridine rings is 1. The molecule has 6 heteroatoms. The van der Waals surface area contributed by atoms with Gasteiger partial charge in [0.05, 0.1) is 0 Å². The normalized spacial score (nSPS) is 9.46. The van der Waals surface area contributed by atoms with E-state index in [1.54, 1.807) is 0 Å². The first-order chi connectivity index (χ1) is 6.13. The summed E-state index contributed by atoms with van der Waals surface area (Å²) >= 11 is 3.05. The van der Waals surface area contributed by atoms with Crippen molar-refractivity contribution in [2.24, 2.45) is 0 Å². The average molecular weight is 248 g/mol. The third-order valence-corrected chi connectivity index (χ3v) is 1.70. The first kappa shape index (κ1) is 9.91. The topological polar surface area (TPSA) is 54.0 Å². The number of anilines is 1. The van der Waals surface area contributed by atoms with Gasteiger partial charge >= 0.3 is 6.03 Å². The lowest BCUT2D eigenvalue weighted by molar-refractivity contribution is 0.253. The van der Waals surface area contributed by atoms with Crippen LogP contribution in [0.3, 0.4) is 0 Å². The molecule has 0 bridgehead atoms. The molecule has 2 N–H and O–H groups in total. The van der Waals surface area contributed by atoms with Crippen LogP contribution in [0, 0.1) is 5.82 Å². The Kier molecular flexibility index (Phi) is 3.18. The van der Waals surface area contributed by atoms with E-state index in [0.717, 1.165) is 0 Å². The van der Waals surface area contributed by atoms with E-state index in [9.17, 15) is 9.18 Å². The third kappa shape index (κ3) is 2.66. The van der Waals surface area contributed by atoms with Gasteiger partial charge in [0.1, 0.15) is 0 Å². The number of aromatic nitrogens is 1. The molecule has 0 saturated heterocycles. The Morgan fingerprint density at radius 2 is 2.38 bits per heavy atom. The quantitative estimate of drug-likeness (QED) is 0.795. The van der Waals surface area contributed by atoms with E-state index in [0.29, 0.717) is 4.47 Å². The number of rotatable bonds is 1. The predicted octanol–water partition coefficient (Wildman–Crippen LogP) is 1.73. The van der Waals surface area contributed by atoms with E-state index in [4.69, 9.17) is 0 Å². The number of halogens is 2. The molecule has 2 amide bonds. The number of carbonyl (C=O) groups excluding carboxylic acids is 1. The molecule has 1 heterocycles. The van der Waals surface area contributed by atoms with E-state index < -0.39 is 11.8 Å². The van der Waals surface area contributed by atoms with E-state index in [1.165, 1.54) is 19.3 Å². The van der Waals surface area contributed by atoms with Crippen LogP contribution < -0.4 is 10.6 Å². The number of hydrogen-bond donors (Lipinski definition) is 2. The molecule has 4 nitrogen and oxygen atoms in total. The molecule has 1 rings (SSSR count). The maximum absolute atomic E-state index is 13.0. The summed E-state index contributed by atoms with van der Waals surface area (Å²) in [6.07, 6.45) is 1.40. The SMILES string of the molecule is CNC(=O)Nc1ncc(Br)cc1F. The number of urea groups is 1. The second kappa shape index (κ2) is 4.18. The van der Waals surface area contributed by atoms with Crippen molar-refractivity contribution in [3.05, 3.63) is 22.6 Å². The van der Waals surface area contributed by atoms with Crippen molar-refractivity contribution >= 4 is 27.8 Å². The van der Waals surface area contributed by atoms with Crippen LogP contribution in [0.2, 0.25) is 0 Å². The molecular weight excluding hydrogens is 241 g/mol. The van der Waals surface area contributed by atoms with Crippen LogP contribution in [0.25, 0.3) is 0 Å². The molecule has 1 aromatic rings. The van der Waals surface area contributed by atoms with Crippen LogP contribution in [-0.4, -0.2) is 18.1 Å². The second-order valence-electron chi connectivity index (χ2n) is 2.19. The monoisotopic (exact) mass is 247 g/mol. The van der Waals surface area contributed by atoms with Gasteiger partial charge in [0.25, 0.3) is 0 Å². The first-order valence-electron chi connectivity index (χ1n) is 3.43. The Morgan fingerprint density at radius 1 is 1.69 bits per heavy atom. The van der Waals surface area contributed by atoms with E-state index in [1.807, 2.05) is 0 Å². The zero-order valence-corrected chi connectivity index (χ0v) is 8.35. The highest BCUT2D eigenvalue weighted by atomic mass is 79.9. The summed E-state index contributed by atoms with van der Waals surface area (Å²) < 4.78 is 13.5. The molecule has 0 atom stereocenters. The number of nitrogens with one attached hydrogen (secondary N) is 2. The van der Waals surface area contributed by atoms with Crippen LogP contribution in [0.1, 0.15) is 0 Å². The first-order valence-corrected chi connectivity index (χ1v) is 4.22. The molecule has 0 radical (unpaired) electrons. The minimum atomic E-state index is -0.585. The molecule has 0 fully saturated rings. The zero-order chi connectivity index (χ0) is 9.84. The largest absolute Gasteiger partial charge is 0.341 e. The van der Waals surface area contributed by atoms with E-state index in [-0.39, 0.29) is 5.82 Å². The molecular formula is C7H7BrFN3O. The minimum Gasteiger partial charge on any atom is -0.341 e. The number of hydrogen-bond acceptors (Lipinski definition) is 2. The standard InChI is InChI=1S/C7H7BrFN3O/c1-10-7(13)12-6-5(9)2-4(8)3-11-6/h2-3H,1H3,(H2,10,11,12,13). The highest BCUT2D eigenvalue weighted by molar-refractivity contribution is 9.10. The van der Waals surface area contributed by atoms with Gasteiger partial charge in [0, 0.05) is 17.7 Å². The molecule has 0 spiro atoms. The van der Waals surface area contributed by atoms with Crippen molar-refractivity contribution in [2.75, 3.05) is 12.4 Å². The molecule has 13 heavy (non-hydrogen) atoms. The lowest BCUT2D eigenvalue weighted by Crippen LogP contribution is -2.25. The highest BCUT2D eigenvalue weighted by Gasteiger charge is 2.06. The average Bonchev–Trinajstić information content (AvgIpc) is 2.09. The molecule has 1 aromatic heterocycles. The van der Waals surface area contributed by atoms with Gasteiger partial charge in [-0.1, -0.05) is 0 Å². The van der Waals surface area contributed by atoms with Gasteiger partial charge in [-0.05, 0) is 22.0 Å². The molecule has 0 aliphatic heterocycles. The van der Waals surface area contributed by atoms with Crippen LogP contribution in [0.15, 0.2) is 16.7 Å². The fourth-order valence-electron chi connectivity index (χ4n) is 0.677. The summed E-state index contributed by atoms with van der Waals surface area (Å²) in [7, 11) is 1.44. The summed E-state index contributed by atoms with van der Waals surface area (Å²) in [5.74, 6) is -0.680. The van der Waals surface area contributed by atoms with Gasteiger partial charge in [-0.15, -0.1) is 0 Å². The van der Waals surface area contributed by atoms with Crippen molar-refractivity contribution < 1.29 is 9.18 Å². The van der Waals surface area contributed by atoms with Gasteiger partial charge in [-0.25, -0.2) is 14.2 Å². The molecule has 0 saturated carbocycles. The summed E-state index contributed by atoms with van der Waals surface area (Å²) in [6, 6.07) is 0.715. The summed E-state index contributed by atoms with van der Waals surface area (Å²) in [5.41, 5.74) is 0. The summed E-state index contributed by atoms with van der Waals surface area (Å²) in [6.45, 7) is 0. The van der Waals surface area contributed by atoms with Gasteiger partial charge < -0.3 is 5.32 Å². The zero-order valence-electron chi connectivity index (χ0n) is 6.77. The fourth-order valence-corrected chi connectivity index (χ4v) is 0.980. The van der Waals surface area contributed by atoms with Crippen LogP contribution >= 0.6 is 15.9 Å². The van der Waals surface area contributed by atoms with Crippen LogP contribution in [-0.2, 0) is 0 Å². The van der Waals surface area contributed by atoms with E-state index in [2.05, 4.69) is 31.5 Å². The third-order valence-electron chi connectivity index (χ3n) is 1.27. The molecule has 0 unspecified atom stereocenters. The molecule has 0 aliphatic rings. The lowest BCUT2D eigenvalue weighted by atomic mass is 10.4. The minimum absolute atomic E-state index is 0.0949. The van der Waals surface area contributed by atoms with Gasteiger partial charge in [-0.3, -0.25) is 5.32 Å². The van der Waals surface area contributed by atoms with Crippen molar-refractivity contribution in [1.29, 1.82) is 0 Å². The number of amides is 2. The smallest absolute Gasteiger partial charge is 0.320 e. The second-order valence-corrected chi connectivity index (χ2v) is 3.10. The predicted molar refractivity (Wildman–Crippen MR) is 50.0 cm³/mol. The molecule has 0 aromatic carbocycles. The van der Waals surface area contributed by atoms with Crippen molar-refractivity contribution in [1.82, 2.24) is 10.3 Å². The van der Waals surface area contributed by atoms with Crippen LogP contribution in [0.4, 0.5) is 15.0 Å². The van der Waals surface area contributed by atoms with Gasteiger partial charge in [0.2, 0.25) is 0 Å². The van der Waals surface area contributed by atoms with Crippen molar-refractivity contribution in [3.63, 3.8) is 0 Å². The molecule has 70 valence electrons. The Labute approximate surface area is 82.7 Å². The maximum atomic E-state index is 13.0. The summed E-state index contributed by atoms with van der Waals surface area (Å²) in [5, 5.41) is 4.52. The van der Waals surface area contributed by atoms with Crippen molar-refractivity contribution in [2.45, 2.75) is 0 Å². The number of nitrogens with zero attached hydrogens (tertiary/aromatic N) is 1. The van der Waals surface area contributed by atoms with Crippen LogP contribution in [0.5, 0.6) is 0 Å². The van der Waals surface area contributed by atoms with Gasteiger partial charge in [-0.2, -0.15) is 0 Å². The molecule has 0 aliphatic carbocycles. The Morgan fingerprint density at radius 3 is 2.92 bits per heavy atom. The van der Waals surface area contributed by atoms with E-state index >= 15 is 0 Å². The highest BCUT2D eigenvalue weighted by Crippen LogP contribution is 2.15. The summed E-state index contributed by atoms with van der Waals surface area (Å²) in [4.78, 5) is 14.4.